The van der Waals surface area contributed by atoms with Gasteiger partial charge in [-0.1, -0.05) is 18.2 Å². The van der Waals surface area contributed by atoms with Gasteiger partial charge in [-0.3, -0.25) is 26.0 Å². The van der Waals surface area contributed by atoms with E-state index in [0.29, 0.717) is 24.9 Å². The fourth-order valence-corrected chi connectivity index (χ4v) is 1.66. The Morgan fingerprint density at radius 1 is 1.15 bits per heavy atom. The third-order valence-electron chi connectivity index (χ3n) is 2.68. The quantitative estimate of drug-likeness (QED) is 0.212. The maximum Gasteiger partial charge on any atom is 0.338 e. The van der Waals surface area contributed by atoms with Crippen LogP contribution in [0.5, 0.6) is 0 Å². The zero-order valence-electron chi connectivity index (χ0n) is 11.1. The molecule has 0 aromatic heterocycles. The standard InChI is InChI=1S/C13H19N5O2/c14-11(19)10(7-4-8-17-13(15)16)18-12(20)9-5-2-1-3-6-9/h1-3,5-6,10H,4,7-8H2,(H2,14,19)(H,18,20)(H4,15,16,17)/p+1. The van der Waals surface area contributed by atoms with Gasteiger partial charge < -0.3 is 11.1 Å². The highest BCUT2D eigenvalue weighted by atomic mass is 16.2. The van der Waals surface area contributed by atoms with Crippen molar-refractivity contribution in [3.05, 3.63) is 35.9 Å². The largest absolute Gasteiger partial charge is 0.368 e. The molecule has 0 heterocycles. The first-order valence-electron chi connectivity index (χ1n) is 6.27. The molecule has 1 rings (SSSR count). The van der Waals surface area contributed by atoms with Gasteiger partial charge in [0.15, 0.2) is 0 Å². The number of amides is 2. The minimum atomic E-state index is -0.719. The van der Waals surface area contributed by atoms with E-state index in [9.17, 15) is 9.59 Å². The summed E-state index contributed by atoms with van der Waals surface area (Å²) in [5.74, 6) is -0.778. The Morgan fingerprint density at radius 2 is 1.80 bits per heavy atom. The number of primary amides is 1. The van der Waals surface area contributed by atoms with E-state index in [1.807, 2.05) is 6.07 Å². The van der Waals surface area contributed by atoms with E-state index in [2.05, 4.69) is 10.3 Å². The summed E-state index contributed by atoms with van der Waals surface area (Å²) >= 11 is 0. The van der Waals surface area contributed by atoms with Crippen LogP contribution >= 0.6 is 0 Å². The molecule has 0 bridgehead atoms. The average molecular weight is 278 g/mol. The Labute approximate surface area is 117 Å². The van der Waals surface area contributed by atoms with Crippen LogP contribution < -0.4 is 27.5 Å². The van der Waals surface area contributed by atoms with Crippen molar-refractivity contribution in [1.29, 1.82) is 0 Å². The van der Waals surface area contributed by atoms with Gasteiger partial charge in [-0.2, -0.15) is 0 Å². The summed E-state index contributed by atoms with van der Waals surface area (Å²) in [6.07, 6.45) is 1.01. The zero-order valence-corrected chi connectivity index (χ0v) is 11.1. The number of guanidine groups is 1. The normalized spacial score (nSPS) is 11.4. The van der Waals surface area contributed by atoms with E-state index in [0.717, 1.165) is 0 Å². The van der Waals surface area contributed by atoms with Crippen LogP contribution in [0, 0.1) is 0 Å². The molecular weight excluding hydrogens is 258 g/mol. The molecule has 108 valence electrons. The number of hydrogen-bond donors (Lipinski definition) is 5. The van der Waals surface area contributed by atoms with Gasteiger partial charge in [0.2, 0.25) is 5.91 Å². The summed E-state index contributed by atoms with van der Waals surface area (Å²) in [7, 11) is 0. The van der Waals surface area contributed by atoms with Crippen molar-refractivity contribution in [2.24, 2.45) is 17.2 Å². The van der Waals surface area contributed by atoms with Crippen molar-refractivity contribution in [3.8, 4) is 0 Å². The lowest BCUT2D eigenvalue weighted by molar-refractivity contribution is -0.459. The van der Waals surface area contributed by atoms with Crippen molar-refractivity contribution in [2.45, 2.75) is 18.9 Å². The molecule has 1 aromatic rings. The molecule has 20 heavy (non-hydrogen) atoms. The predicted molar refractivity (Wildman–Crippen MR) is 75.3 cm³/mol. The van der Waals surface area contributed by atoms with Gasteiger partial charge >= 0.3 is 5.96 Å². The first kappa shape index (κ1) is 15.5. The van der Waals surface area contributed by atoms with Gasteiger partial charge in [-0.05, 0) is 25.0 Å². The number of nitrogens with one attached hydrogen (secondary N) is 2. The van der Waals surface area contributed by atoms with Gasteiger partial charge in [0, 0.05) is 5.56 Å². The fourth-order valence-electron chi connectivity index (χ4n) is 1.66. The molecule has 0 saturated heterocycles. The minimum absolute atomic E-state index is 0.119. The monoisotopic (exact) mass is 278 g/mol. The molecule has 0 fully saturated rings. The maximum atomic E-state index is 11.9. The van der Waals surface area contributed by atoms with E-state index < -0.39 is 11.9 Å². The van der Waals surface area contributed by atoms with E-state index in [1.54, 1.807) is 24.3 Å². The highest BCUT2D eigenvalue weighted by Gasteiger charge is 2.18. The molecule has 0 aliphatic rings. The number of carbonyl (C=O) groups is 2. The second-order valence-electron chi connectivity index (χ2n) is 4.32. The number of nitrogens with two attached hydrogens (primary N) is 3. The lowest BCUT2D eigenvalue weighted by atomic mass is 10.1. The number of carbonyl (C=O) groups excluding carboxylic acids is 2. The molecule has 1 unspecified atom stereocenters. The smallest absolute Gasteiger partial charge is 0.338 e. The summed E-state index contributed by atoms with van der Waals surface area (Å²) < 4.78 is 0. The molecule has 0 spiro atoms. The molecule has 2 amide bonds. The summed E-state index contributed by atoms with van der Waals surface area (Å²) in [6, 6.07) is 7.92. The molecular formula is C13H20N5O2+. The van der Waals surface area contributed by atoms with Gasteiger partial charge in [0.05, 0.1) is 6.54 Å². The number of hydrogen-bond acceptors (Lipinski definition) is 2. The molecule has 0 radical (unpaired) electrons. The van der Waals surface area contributed by atoms with Crippen molar-refractivity contribution in [3.63, 3.8) is 0 Å². The van der Waals surface area contributed by atoms with E-state index in [-0.39, 0.29) is 11.9 Å². The van der Waals surface area contributed by atoms with Crippen LogP contribution in [0.15, 0.2) is 30.3 Å². The van der Waals surface area contributed by atoms with Crippen LogP contribution in [-0.2, 0) is 4.79 Å². The molecule has 8 N–H and O–H groups in total. The maximum absolute atomic E-state index is 11.9. The number of rotatable bonds is 7. The highest BCUT2D eigenvalue weighted by molar-refractivity contribution is 5.97. The second kappa shape index (κ2) is 7.78. The third-order valence-corrected chi connectivity index (χ3v) is 2.68. The van der Waals surface area contributed by atoms with E-state index in [4.69, 9.17) is 17.2 Å². The molecule has 7 heteroatoms. The highest BCUT2D eigenvalue weighted by Crippen LogP contribution is 2.01. The summed E-state index contributed by atoms with van der Waals surface area (Å²) in [4.78, 5) is 26.0. The topological polar surface area (TPSA) is 138 Å². The first-order chi connectivity index (χ1) is 9.50. The third kappa shape index (κ3) is 5.38. The Balaban J connectivity index is 2.53. The lowest BCUT2D eigenvalue weighted by Gasteiger charge is -2.14. The van der Waals surface area contributed by atoms with E-state index >= 15 is 0 Å². The van der Waals surface area contributed by atoms with Crippen molar-refractivity contribution in [2.75, 3.05) is 6.54 Å². The van der Waals surface area contributed by atoms with Crippen LogP contribution in [-0.4, -0.2) is 30.4 Å². The second-order valence-corrected chi connectivity index (χ2v) is 4.32. The summed E-state index contributed by atoms with van der Waals surface area (Å²) in [6.45, 7) is 0.507. The lowest BCUT2D eigenvalue weighted by Crippen LogP contribution is -2.78. The van der Waals surface area contributed by atoms with Crippen molar-refractivity contribution in [1.82, 2.24) is 5.32 Å². The minimum Gasteiger partial charge on any atom is -0.368 e. The van der Waals surface area contributed by atoms with Gasteiger partial charge in [-0.15, -0.1) is 0 Å². The summed E-state index contributed by atoms with van der Waals surface area (Å²) in [5.41, 5.74) is 16.3. The first-order valence-corrected chi connectivity index (χ1v) is 6.27. The Bertz CT molecular complexity index is 483. The van der Waals surface area contributed by atoms with Crippen LogP contribution in [0.1, 0.15) is 23.2 Å². The molecule has 0 aliphatic carbocycles. The predicted octanol–water partition coefficient (Wildman–Crippen LogP) is -2.60. The van der Waals surface area contributed by atoms with Crippen LogP contribution in [0.25, 0.3) is 0 Å². The van der Waals surface area contributed by atoms with Crippen LogP contribution in [0.4, 0.5) is 0 Å². The molecule has 7 nitrogen and oxygen atoms in total. The molecule has 0 saturated carbocycles. The van der Waals surface area contributed by atoms with Gasteiger partial charge in [0.1, 0.15) is 6.04 Å². The summed E-state index contributed by atoms with van der Waals surface area (Å²) in [5, 5.41) is 2.61. The molecule has 1 aromatic carbocycles. The zero-order chi connectivity index (χ0) is 15.0. The fraction of sp³-hybridized carbons (Fsp3) is 0.308. The van der Waals surface area contributed by atoms with Gasteiger partial charge in [-0.25, -0.2) is 0 Å². The van der Waals surface area contributed by atoms with Crippen LogP contribution in [0.3, 0.4) is 0 Å². The Hall–Kier alpha value is -2.57. The van der Waals surface area contributed by atoms with Crippen molar-refractivity contribution < 1.29 is 14.6 Å². The van der Waals surface area contributed by atoms with E-state index in [1.165, 1.54) is 0 Å². The SMILES string of the molecule is NC(=O)C(CCC[NH+]=C(N)N)NC(=O)c1ccccc1. The average Bonchev–Trinajstić information content (AvgIpc) is 2.42. The molecule has 1 atom stereocenters. The Morgan fingerprint density at radius 3 is 2.35 bits per heavy atom. The van der Waals surface area contributed by atoms with Crippen LogP contribution in [0.2, 0.25) is 0 Å². The number of benzene rings is 1. The Kier molecular flexibility index (Phi) is 6.02. The molecule has 0 aliphatic heterocycles. The van der Waals surface area contributed by atoms with Crippen molar-refractivity contribution >= 4 is 17.8 Å². The van der Waals surface area contributed by atoms with Gasteiger partial charge in [0.25, 0.3) is 5.91 Å².